The van der Waals surface area contributed by atoms with Crippen molar-refractivity contribution in [2.45, 2.75) is 19.6 Å². The highest BCUT2D eigenvalue weighted by Gasteiger charge is 2.38. The number of nitrogens with zero attached hydrogens (tertiary/aromatic N) is 4. The number of para-hydroxylation sites is 2. The van der Waals surface area contributed by atoms with Gasteiger partial charge in [0.25, 0.3) is 0 Å². The minimum atomic E-state index is -5.08. The monoisotopic (exact) mass is 444 g/mol. The fourth-order valence-corrected chi connectivity index (χ4v) is 2.83. The van der Waals surface area contributed by atoms with Crippen LogP contribution in [0, 0.1) is 6.92 Å². The molecule has 8 nitrogen and oxygen atoms in total. The molecule has 166 valence electrons. The van der Waals surface area contributed by atoms with Crippen molar-refractivity contribution in [3.63, 3.8) is 0 Å². The van der Waals surface area contributed by atoms with Gasteiger partial charge in [0.1, 0.15) is 5.82 Å². The number of imidazole rings is 1. The Morgan fingerprint density at radius 1 is 1.09 bits per heavy atom. The molecule has 4 aromatic rings. The van der Waals surface area contributed by atoms with Gasteiger partial charge in [-0.1, -0.05) is 24.3 Å². The maximum atomic E-state index is 10.6. The number of alkyl halides is 3. The fraction of sp³-hybridized carbons (Fsp3) is 0.143. The second-order valence-electron chi connectivity index (χ2n) is 6.57. The molecule has 0 bridgehead atoms. The molecule has 32 heavy (non-hydrogen) atoms. The summed E-state index contributed by atoms with van der Waals surface area (Å²) in [6, 6.07) is 15.9. The van der Waals surface area contributed by atoms with Crippen molar-refractivity contribution in [3.8, 4) is 5.82 Å². The first-order chi connectivity index (χ1) is 15.2. The lowest BCUT2D eigenvalue weighted by atomic mass is 10.2. The first-order valence-corrected chi connectivity index (χ1v) is 9.31. The smallest absolute Gasteiger partial charge is 0.475 e. The van der Waals surface area contributed by atoms with Crippen LogP contribution in [0.15, 0.2) is 60.9 Å². The van der Waals surface area contributed by atoms with Gasteiger partial charge < -0.3 is 16.2 Å². The minimum absolute atomic E-state index is 0.530. The van der Waals surface area contributed by atoms with Gasteiger partial charge in [0.05, 0.1) is 23.4 Å². The molecule has 0 atom stereocenters. The summed E-state index contributed by atoms with van der Waals surface area (Å²) in [5, 5.41) is 10.4. The van der Waals surface area contributed by atoms with E-state index in [9.17, 15) is 13.2 Å². The van der Waals surface area contributed by atoms with Crippen molar-refractivity contribution in [3.05, 3.63) is 72.3 Å². The normalized spacial score (nSPS) is 11.0. The number of aryl methyl sites for hydroxylation is 1. The Kier molecular flexibility index (Phi) is 6.69. The first kappa shape index (κ1) is 22.7. The maximum absolute atomic E-state index is 10.6. The summed E-state index contributed by atoms with van der Waals surface area (Å²) in [7, 11) is 0. The molecule has 0 aliphatic heterocycles. The van der Waals surface area contributed by atoms with Crippen molar-refractivity contribution < 1.29 is 23.1 Å². The molecule has 0 amide bonds. The summed E-state index contributed by atoms with van der Waals surface area (Å²) < 4.78 is 33.7. The number of carboxylic acids is 1. The van der Waals surface area contributed by atoms with E-state index in [4.69, 9.17) is 15.6 Å². The van der Waals surface area contributed by atoms with E-state index < -0.39 is 12.1 Å². The standard InChI is InChI=1S/C19H18N6.C2HF3O2/c1-13-22-16-4-2-3-5-17(16)25(13)19-12-21-11-18(24-19)23-15-8-6-14(10-20)7-9-15;3-2(4,5)1(6)7/h2-9,11-12H,10,20H2,1H3,(H,23,24);(H,6,7). The van der Waals surface area contributed by atoms with Crippen LogP contribution in [-0.2, 0) is 11.3 Å². The molecule has 0 radical (unpaired) electrons. The predicted octanol–water partition coefficient (Wildman–Crippen LogP) is 3.96. The number of benzene rings is 2. The molecular formula is C21H19F3N6O2. The number of nitrogens with one attached hydrogen (secondary N) is 1. The largest absolute Gasteiger partial charge is 0.490 e. The lowest BCUT2D eigenvalue weighted by molar-refractivity contribution is -0.192. The predicted molar refractivity (Wildman–Crippen MR) is 113 cm³/mol. The van der Waals surface area contributed by atoms with Crippen molar-refractivity contribution in [2.24, 2.45) is 5.73 Å². The lowest BCUT2D eigenvalue weighted by Crippen LogP contribution is -2.21. The van der Waals surface area contributed by atoms with E-state index in [-0.39, 0.29) is 0 Å². The van der Waals surface area contributed by atoms with E-state index in [1.54, 1.807) is 12.4 Å². The van der Waals surface area contributed by atoms with Gasteiger partial charge in [-0.05, 0) is 36.8 Å². The van der Waals surface area contributed by atoms with Crippen LogP contribution >= 0.6 is 0 Å². The summed E-state index contributed by atoms with van der Waals surface area (Å²) in [4.78, 5) is 22.5. The van der Waals surface area contributed by atoms with Crippen LogP contribution in [-0.4, -0.2) is 36.8 Å². The van der Waals surface area contributed by atoms with Gasteiger partial charge in [-0.2, -0.15) is 13.2 Å². The summed E-state index contributed by atoms with van der Waals surface area (Å²) in [6.45, 7) is 2.50. The Balaban J connectivity index is 0.000000360. The zero-order valence-electron chi connectivity index (χ0n) is 16.8. The Bertz CT molecular complexity index is 1220. The zero-order chi connectivity index (χ0) is 23.3. The Hall–Kier alpha value is -3.99. The summed E-state index contributed by atoms with van der Waals surface area (Å²) in [5.41, 5.74) is 9.62. The molecule has 2 heterocycles. The van der Waals surface area contributed by atoms with Gasteiger partial charge in [0.15, 0.2) is 11.6 Å². The highest BCUT2D eigenvalue weighted by molar-refractivity contribution is 5.77. The molecule has 0 fully saturated rings. The summed E-state index contributed by atoms with van der Waals surface area (Å²) >= 11 is 0. The van der Waals surface area contributed by atoms with Crippen LogP contribution in [0.2, 0.25) is 0 Å². The number of hydrogen-bond donors (Lipinski definition) is 3. The van der Waals surface area contributed by atoms with E-state index in [1.807, 2.05) is 60.0 Å². The number of rotatable bonds is 4. The Labute approximate surface area is 180 Å². The Morgan fingerprint density at radius 2 is 1.75 bits per heavy atom. The van der Waals surface area contributed by atoms with Crippen LogP contribution in [0.5, 0.6) is 0 Å². The van der Waals surface area contributed by atoms with Crippen LogP contribution in [0.1, 0.15) is 11.4 Å². The third kappa shape index (κ3) is 5.38. The zero-order valence-corrected chi connectivity index (χ0v) is 16.8. The molecule has 11 heteroatoms. The molecule has 0 saturated carbocycles. The molecule has 0 aliphatic carbocycles. The topological polar surface area (TPSA) is 119 Å². The van der Waals surface area contributed by atoms with E-state index in [1.165, 1.54) is 0 Å². The number of carboxylic acid groups (broad SMARTS) is 1. The first-order valence-electron chi connectivity index (χ1n) is 9.31. The second kappa shape index (κ2) is 9.43. The van der Waals surface area contributed by atoms with Crippen molar-refractivity contribution in [2.75, 3.05) is 5.32 Å². The van der Waals surface area contributed by atoms with Crippen LogP contribution in [0.25, 0.3) is 16.9 Å². The maximum Gasteiger partial charge on any atom is 0.490 e. The number of nitrogens with two attached hydrogens (primary N) is 1. The molecule has 4 N–H and O–H groups in total. The number of aromatic nitrogens is 4. The van der Waals surface area contributed by atoms with Gasteiger partial charge in [-0.25, -0.2) is 14.8 Å². The van der Waals surface area contributed by atoms with Gasteiger partial charge >= 0.3 is 12.1 Å². The van der Waals surface area contributed by atoms with Gasteiger partial charge in [0.2, 0.25) is 0 Å². The molecule has 0 aliphatic rings. The van der Waals surface area contributed by atoms with Crippen LogP contribution < -0.4 is 11.1 Å². The third-order valence-corrected chi connectivity index (χ3v) is 4.28. The lowest BCUT2D eigenvalue weighted by Gasteiger charge is -2.09. The van der Waals surface area contributed by atoms with E-state index in [0.717, 1.165) is 33.9 Å². The number of halogens is 3. The number of aliphatic carboxylic acids is 1. The Morgan fingerprint density at radius 3 is 2.38 bits per heavy atom. The summed E-state index contributed by atoms with van der Waals surface area (Å²) in [6.07, 6.45) is -1.64. The molecule has 0 spiro atoms. The fourth-order valence-electron chi connectivity index (χ4n) is 2.83. The van der Waals surface area contributed by atoms with Crippen LogP contribution in [0.3, 0.4) is 0 Å². The third-order valence-electron chi connectivity index (χ3n) is 4.28. The highest BCUT2D eigenvalue weighted by Crippen LogP contribution is 2.21. The number of carbonyl (C=O) groups is 1. The van der Waals surface area contributed by atoms with Crippen LogP contribution in [0.4, 0.5) is 24.7 Å². The van der Waals surface area contributed by atoms with E-state index in [2.05, 4.69) is 20.3 Å². The highest BCUT2D eigenvalue weighted by atomic mass is 19.4. The van der Waals surface area contributed by atoms with Gasteiger partial charge in [-0.15, -0.1) is 0 Å². The molecule has 4 rings (SSSR count). The second-order valence-corrected chi connectivity index (χ2v) is 6.57. The number of anilines is 2. The minimum Gasteiger partial charge on any atom is -0.475 e. The number of fused-ring (bicyclic) bond motifs is 1. The molecule has 0 unspecified atom stereocenters. The van der Waals surface area contributed by atoms with Crippen molar-refractivity contribution in [1.29, 1.82) is 0 Å². The molecule has 0 saturated heterocycles. The average Bonchev–Trinajstić information content (AvgIpc) is 3.10. The quantitative estimate of drug-likeness (QED) is 0.436. The van der Waals surface area contributed by atoms with Gasteiger partial charge in [-0.3, -0.25) is 9.55 Å². The van der Waals surface area contributed by atoms with Crippen molar-refractivity contribution >= 4 is 28.5 Å². The SMILES string of the molecule is Cc1nc2ccccc2n1-c1cncc(Nc2ccc(CN)cc2)n1.O=C(O)C(F)(F)F. The average molecular weight is 444 g/mol. The summed E-state index contributed by atoms with van der Waals surface area (Å²) in [5.74, 6) is -0.475. The van der Waals surface area contributed by atoms with Crippen molar-refractivity contribution in [1.82, 2.24) is 19.5 Å². The molecule has 2 aromatic heterocycles. The molecular weight excluding hydrogens is 425 g/mol. The number of hydrogen-bond acceptors (Lipinski definition) is 6. The van der Waals surface area contributed by atoms with E-state index in [0.29, 0.717) is 12.4 Å². The van der Waals surface area contributed by atoms with E-state index >= 15 is 0 Å². The molecule has 2 aromatic carbocycles. The van der Waals surface area contributed by atoms with Gasteiger partial charge in [0, 0.05) is 12.2 Å².